The first-order chi connectivity index (χ1) is 7.46. The number of rotatable bonds is 5. The van der Waals surface area contributed by atoms with Crippen molar-refractivity contribution in [3.8, 4) is 0 Å². The Morgan fingerprint density at radius 1 is 1.25 bits per heavy atom. The number of benzene rings is 1. The number of Topliss-reactive ketones (excluding diaryl/α,β-unsaturated/α-hetero) is 1. The second kappa shape index (κ2) is 5.20. The second-order valence-corrected chi connectivity index (χ2v) is 4.85. The summed E-state index contributed by atoms with van der Waals surface area (Å²) in [5.74, 6) is -0.711. The molecule has 0 fully saturated rings. The number of aliphatic hydroxyl groups is 1. The average Bonchev–Trinajstić information content (AvgIpc) is 2.25. The van der Waals surface area contributed by atoms with Gasteiger partial charge >= 0.3 is 0 Å². The Balaban J connectivity index is 3.02. The van der Waals surface area contributed by atoms with Gasteiger partial charge in [-0.2, -0.15) is 8.42 Å². The number of aliphatic hydroxyl groups excluding tert-OH is 1. The van der Waals surface area contributed by atoms with Crippen LogP contribution in [0.2, 0.25) is 0 Å². The molecule has 1 unspecified atom stereocenters. The topological polar surface area (TPSA) is 91.7 Å². The van der Waals surface area contributed by atoms with Crippen LogP contribution >= 0.6 is 0 Å². The molecule has 0 aliphatic rings. The van der Waals surface area contributed by atoms with Gasteiger partial charge in [0, 0.05) is 12.2 Å². The second-order valence-electron chi connectivity index (χ2n) is 3.25. The van der Waals surface area contributed by atoms with Crippen molar-refractivity contribution in [2.24, 2.45) is 0 Å². The molecule has 0 aliphatic heterocycles. The van der Waals surface area contributed by atoms with Crippen molar-refractivity contribution in [3.05, 3.63) is 35.9 Å². The maximum absolute atomic E-state index is 11.7. The third-order valence-electron chi connectivity index (χ3n) is 2.10. The van der Waals surface area contributed by atoms with Crippen molar-refractivity contribution < 1.29 is 22.9 Å². The molecule has 16 heavy (non-hydrogen) atoms. The van der Waals surface area contributed by atoms with Crippen LogP contribution in [0.1, 0.15) is 16.8 Å². The standard InChI is InChI=1S/C10H12O5S/c11-7-6-9(16(13,14)15)10(12)8-4-2-1-3-5-8/h1-5,9,11H,6-7H2,(H,13,14,15). The van der Waals surface area contributed by atoms with Crippen molar-refractivity contribution in [2.45, 2.75) is 11.7 Å². The first-order valence-electron chi connectivity index (χ1n) is 4.63. The van der Waals surface area contributed by atoms with Crippen LogP contribution in [0.15, 0.2) is 30.3 Å². The van der Waals surface area contributed by atoms with Gasteiger partial charge in [-0.3, -0.25) is 9.35 Å². The van der Waals surface area contributed by atoms with Crippen molar-refractivity contribution in [3.63, 3.8) is 0 Å². The van der Waals surface area contributed by atoms with Crippen LogP contribution < -0.4 is 0 Å². The fraction of sp³-hybridized carbons (Fsp3) is 0.300. The lowest BCUT2D eigenvalue weighted by Crippen LogP contribution is -2.31. The van der Waals surface area contributed by atoms with Crippen LogP contribution in [0, 0.1) is 0 Å². The van der Waals surface area contributed by atoms with E-state index in [4.69, 9.17) is 9.66 Å². The smallest absolute Gasteiger partial charge is 0.275 e. The van der Waals surface area contributed by atoms with Crippen molar-refractivity contribution in [2.75, 3.05) is 6.61 Å². The number of hydrogen-bond acceptors (Lipinski definition) is 4. The molecular weight excluding hydrogens is 232 g/mol. The summed E-state index contributed by atoms with van der Waals surface area (Å²) in [6, 6.07) is 7.78. The molecule has 2 N–H and O–H groups in total. The van der Waals surface area contributed by atoms with Gasteiger partial charge in [0.05, 0.1) is 0 Å². The molecule has 0 bridgehead atoms. The Bertz CT molecular complexity index is 451. The van der Waals surface area contributed by atoms with Crippen molar-refractivity contribution in [1.82, 2.24) is 0 Å². The highest BCUT2D eigenvalue weighted by atomic mass is 32.2. The molecule has 0 spiro atoms. The summed E-state index contributed by atoms with van der Waals surface area (Å²) < 4.78 is 30.8. The van der Waals surface area contributed by atoms with Crippen molar-refractivity contribution >= 4 is 15.9 Å². The summed E-state index contributed by atoms with van der Waals surface area (Å²) in [5.41, 5.74) is 0.193. The van der Waals surface area contributed by atoms with Crippen LogP contribution in [-0.4, -0.2) is 35.7 Å². The first-order valence-corrected chi connectivity index (χ1v) is 6.13. The van der Waals surface area contributed by atoms with Gasteiger partial charge in [0.25, 0.3) is 10.1 Å². The summed E-state index contributed by atoms with van der Waals surface area (Å²) in [7, 11) is -4.48. The molecule has 0 aromatic heterocycles. The maximum Gasteiger partial charge on any atom is 0.275 e. The highest BCUT2D eigenvalue weighted by molar-refractivity contribution is 7.87. The minimum Gasteiger partial charge on any atom is -0.396 e. The van der Waals surface area contributed by atoms with Gasteiger partial charge in [0.2, 0.25) is 0 Å². The average molecular weight is 244 g/mol. The van der Waals surface area contributed by atoms with E-state index in [0.717, 1.165) is 0 Å². The lowest BCUT2D eigenvalue weighted by atomic mass is 10.1. The van der Waals surface area contributed by atoms with E-state index in [0.29, 0.717) is 0 Å². The molecule has 1 rings (SSSR count). The van der Waals surface area contributed by atoms with Crippen molar-refractivity contribution in [1.29, 1.82) is 0 Å². The van der Waals surface area contributed by atoms with E-state index in [2.05, 4.69) is 0 Å². The molecule has 0 amide bonds. The van der Waals surface area contributed by atoms with E-state index in [9.17, 15) is 13.2 Å². The SMILES string of the molecule is O=C(c1ccccc1)C(CCO)S(=O)(=O)O. The molecule has 1 aromatic carbocycles. The van der Waals surface area contributed by atoms with Crippen LogP contribution in [0.25, 0.3) is 0 Å². The fourth-order valence-electron chi connectivity index (χ4n) is 1.32. The molecule has 0 radical (unpaired) electrons. The molecule has 1 atom stereocenters. The van der Waals surface area contributed by atoms with E-state index in [-0.39, 0.29) is 12.0 Å². The van der Waals surface area contributed by atoms with E-state index >= 15 is 0 Å². The van der Waals surface area contributed by atoms with Gasteiger partial charge in [0.15, 0.2) is 11.0 Å². The molecule has 1 aromatic rings. The van der Waals surface area contributed by atoms with Crippen LogP contribution in [-0.2, 0) is 10.1 Å². The summed E-state index contributed by atoms with van der Waals surface area (Å²) in [6.07, 6.45) is -0.313. The minimum absolute atomic E-state index is 0.193. The quantitative estimate of drug-likeness (QED) is 0.581. The van der Waals surface area contributed by atoms with Gasteiger partial charge in [-0.1, -0.05) is 30.3 Å². The zero-order valence-corrected chi connectivity index (χ0v) is 9.22. The van der Waals surface area contributed by atoms with Gasteiger partial charge in [0.1, 0.15) is 0 Å². The Labute approximate surface area is 93.5 Å². The molecule has 0 saturated carbocycles. The highest BCUT2D eigenvalue weighted by Gasteiger charge is 2.30. The normalized spacial score (nSPS) is 13.4. The summed E-state index contributed by atoms with van der Waals surface area (Å²) in [6.45, 7) is -0.483. The Kier molecular flexibility index (Phi) is 4.17. The third kappa shape index (κ3) is 3.13. The molecule has 6 heteroatoms. The van der Waals surface area contributed by atoms with E-state index in [1.54, 1.807) is 18.2 Å². The van der Waals surface area contributed by atoms with Crippen LogP contribution in [0.3, 0.4) is 0 Å². The fourth-order valence-corrected chi connectivity index (χ4v) is 2.13. The summed E-state index contributed by atoms with van der Waals surface area (Å²) >= 11 is 0. The van der Waals surface area contributed by atoms with Crippen LogP contribution in [0.4, 0.5) is 0 Å². The predicted octanol–water partition coefficient (Wildman–Crippen LogP) is 0.508. The first kappa shape index (κ1) is 12.8. The molecule has 88 valence electrons. The molecule has 5 nitrogen and oxygen atoms in total. The zero-order valence-electron chi connectivity index (χ0n) is 8.41. The lowest BCUT2D eigenvalue weighted by Gasteiger charge is -2.11. The number of hydrogen-bond donors (Lipinski definition) is 2. The summed E-state index contributed by atoms with van der Waals surface area (Å²) in [4.78, 5) is 11.7. The lowest BCUT2D eigenvalue weighted by molar-refractivity contribution is 0.0972. The van der Waals surface area contributed by atoms with E-state index in [1.807, 2.05) is 0 Å². The van der Waals surface area contributed by atoms with Crippen LogP contribution in [0.5, 0.6) is 0 Å². The van der Waals surface area contributed by atoms with Gasteiger partial charge in [-0.15, -0.1) is 0 Å². The van der Waals surface area contributed by atoms with Gasteiger partial charge < -0.3 is 5.11 Å². The van der Waals surface area contributed by atoms with E-state index in [1.165, 1.54) is 12.1 Å². The minimum atomic E-state index is -4.48. The predicted molar refractivity (Wildman–Crippen MR) is 57.8 cm³/mol. The summed E-state index contributed by atoms with van der Waals surface area (Å²) in [5, 5.41) is 7.07. The zero-order chi connectivity index (χ0) is 12.2. The highest BCUT2D eigenvalue weighted by Crippen LogP contribution is 2.12. The monoisotopic (exact) mass is 244 g/mol. The number of carbonyl (C=O) groups excluding carboxylic acids is 1. The largest absolute Gasteiger partial charge is 0.396 e. The van der Waals surface area contributed by atoms with Gasteiger partial charge in [-0.05, 0) is 6.42 Å². The Morgan fingerprint density at radius 3 is 2.25 bits per heavy atom. The Hall–Kier alpha value is -1.24. The molecule has 0 aliphatic carbocycles. The maximum atomic E-state index is 11.7. The number of ketones is 1. The number of carbonyl (C=O) groups is 1. The Morgan fingerprint density at radius 2 is 1.81 bits per heavy atom. The molecule has 0 heterocycles. The molecule has 0 saturated heterocycles. The van der Waals surface area contributed by atoms with E-state index < -0.39 is 27.8 Å². The van der Waals surface area contributed by atoms with Gasteiger partial charge in [-0.25, -0.2) is 0 Å². The molecular formula is C10H12O5S. The third-order valence-corrected chi connectivity index (χ3v) is 3.27.